The lowest BCUT2D eigenvalue weighted by atomic mass is 10.1. The third-order valence-corrected chi connectivity index (χ3v) is 3.50. The zero-order valence-corrected chi connectivity index (χ0v) is 12.8. The minimum atomic E-state index is 0.377. The molecule has 0 aliphatic rings. The van der Waals surface area contributed by atoms with Crippen molar-refractivity contribution in [2.45, 2.75) is 27.3 Å². The Labute approximate surface area is 125 Å². The largest absolute Gasteiger partial charge is 0.389 e. The number of hydrogen-bond acceptors (Lipinski definition) is 3. The molecule has 104 valence electrons. The van der Waals surface area contributed by atoms with E-state index in [9.17, 15) is 0 Å². The molecule has 0 aliphatic carbocycles. The van der Waals surface area contributed by atoms with Crippen molar-refractivity contribution >= 4 is 23.0 Å². The molecule has 20 heavy (non-hydrogen) atoms. The molecule has 3 nitrogen and oxygen atoms in total. The predicted octanol–water partition coefficient (Wildman–Crippen LogP) is 3.25. The molecule has 1 aromatic carbocycles. The van der Waals surface area contributed by atoms with Crippen LogP contribution in [0.1, 0.15) is 27.9 Å². The van der Waals surface area contributed by atoms with Crippen molar-refractivity contribution in [2.75, 3.05) is 5.32 Å². The molecule has 0 aliphatic heterocycles. The van der Waals surface area contributed by atoms with Gasteiger partial charge in [-0.25, -0.2) is 4.98 Å². The highest BCUT2D eigenvalue weighted by atomic mass is 32.1. The SMILES string of the molecule is Cc1cc(C)c(C(N)=S)c(NCc2ccccc2C)n1. The highest BCUT2D eigenvalue weighted by Crippen LogP contribution is 2.20. The summed E-state index contributed by atoms with van der Waals surface area (Å²) in [5, 5.41) is 3.35. The molecule has 2 aromatic rings. The van der Waals surface area contributed by atoms with Gasteiger partial charge in [0.05, 0.1) is 5.56 Å². The lowest BCUT2D eigenvalue weighted by Crippen LogP contribution is -2.17. The lowest BCUT2D eigenvalue weighted by Gasteiger charge is -2.14. The zero-order chi connectivity index (χ0) is 14.7. The fourth-order valence-corrected chi connectivity index (χ4v) is 2.52. The number of nitrogens with one attached hydrogen (secondary N) is 1. The maximum absolute atomic E-state index is 5.82. The average molecular weight is 285 g/mol. The van der Waals surface area contributed by atoms with Gasteiger partial charge in [-0.15, -0.1) is 0 Å². The van der Waals surface area contributed by atoms with E-state index in [0.29, 0.717) is 11.5 Å². The first kappa shape index (κ1) is 14.5. The van der Waals surface area contributed by atoms with E-state index in [0.717, 1.165) is 22.6 Å². The predicted molar refractivity (Wildman–Crippen MR) is 88.1 cm³/mol. The van der Waals surface area contributed by atoms with Crippen LogP contribution in [0, 0.1) is 20.8 Å². The molecule has 3 N–H and O–H groups in total. The molecule has 0 saturated carbocycles. The van der Waals surface area contributed by atoms with Crippen LogP contribution >= 0.6 is 12.2 Å². The van der Waals surface area contributed by atoms with Crippen LogP contribution in [0.15, 0.2) is 30.3 Å². The summed E-state index contributed by atoms with van der Waals surface area (Å²) in [5.74, 6) is 0.762. The molecule has 1 heterocycles. The maximum atomic E-state index is 5.82. The van der Waals surface area contributed by atoms with Crippen molar-refractivity contribution in [1.29, 1.82) is 0 Å². The molecule has 0 bridgehead atoms. The van der Waals surface area contributed by atoms with Crippen molar-refractivity contribution in [1.82, 2.24) is 4.98 Å². The maximum Gasteiger partial charge on any atom is 0.137 e. The number of anilines is 1. The second kappa shape index (κ2) is 6.01. The minimum Gasteiger partial charge on any atom is -0.389 e. The van der Waals surface area contributed by atoms with Crippen LogP contribution in [-0.4, -0.2) is 9.97 Å². The molecule has 2 rings (SSSR count). The Hall–Kier alpha value is -1.94. The van der Waals surface area contributed by atoms with Crippen LogP contribution in [0.3, 0.4) is 0 Å². The standard InChI is InChI=1S/C16H19N3S/c1-10-6-4-5-7-13(10)9-18-16-14(15(17)20)11(2)8-12(3)19-16/h4-8H,9H2,1-3H3,(H2,17,20)(H,18,19). The summed E-state index contributed by atoms with van der Waals surface area (Å²) in [6, 6.07) is 10.3. The van der Waals surface area contributed by atoms with E-state index in [1.165, 1.54) is 11.1 Å². The molecule has 4 heteroatoms. The number of rotatable bonds is 4. The summed E-state index contributed by atoms with van der Waals surface area (Å²) in [7, 11) is 0. The van der Waals surface area contributed by atoms with Gasteiger partial charge in [-0.1, -0.05) is 36.5 Å². The van der Waals surface area contributed by atoms with Crippen LogP contribution in [0.25, 0.3) is 0 Å². The minimum absolute atomic E-state index is 0.377. The van der Waals surface area contributed by atoms with Crippen molar-refractivity contribution in [2.24, 2.45) is 5.73 Å². The number of aryl methyl sites for hydroxylation is 3. The van der Waals surface area contributed by atoms with Gasteiger partial charge in [-0.05, 0) is 43.5 Å². The summed E-state index contributed by atoms with van der Waals surface area (Å²) in [6.07, 6.45) is 0. The Kier molecular flexibility index (Phi) is 4.35. The number of pyridine rings is 1. The van der Waals surface area contributed by atoms with Crippen LogP contribution < -0.4 is 11.1 Å². The smallest absolute Gasteiger partial charge is 0.137 e. The summed E-state index contributed by atoms with van der Waals surface area (Å²) < 4.78 is 0. The van der Waals surface area contributed by atoms with Crippen molar-refractivity contribution < 1.29 is 0 Å². The summed E-state index contributed by atoms with van der Waals surface area (Å²) in [5.41, 5.74) is 11.1. The van der Waals surface area contributed by atoms with Gasteiger partial charge >= 0.3 is 0 Å². The molecule has 0 spiro atoms. The van der Waals surface area contributed by atoms with Gasteiger partial charge in [0, 0.05) is 12.2 Å². The van der Waals surface area contributed by atoms with E-state index in [-0.39, 0.29) is 0 Å². The second-order valence-corrected chi connectivity index (χ2v) is 5.39. The van der Waals surface area contributed by atoms with Gasteiger partial charge in [0.2, 0.25) is 0 Å². The zero-order valence-electron chi connectivity index (χ0n) is 12.0. The van der Waals surface area contributed by atoms with Crippen LogP contribution in [0.4, 0.5) is 5.82 Å². The van der Waals surface area contributed by atoms with E-state index >= 15 is 0 Å². The molecule has 0 fully saturated rings. The molecular formula is C16H19N3S. The van der Waals surface area contributed by atoms with E-state index < -0.39 is 0 Å². The molecule has 0 amide bonds. The van der Waals surface area contributed by atoms with Crippen molar-refractivity contribution in [3.05, 3.63) is 58.3 Å². The van der Waals surface area contributed by atoms with Crippen LogP contribution in [-0.2, 0) is 6.54 Å². The quantitative estimate of drug-likeness (QED) is 0.847. The van der Waals surface area contributed by atoms with Gasteiger partial charge in [-0.3, -0.25) is 0 Å². The fourth-order valence-electron chi connectivity index (χ4n) is 2.26. The molecule has 1 aromatic heterocycles. The number of thiocarbonyl (C=S) groups is 1. The van der Waals surface area contributed by atoms with E-state index in [4.69, 9.17) is 18.0 Å². The third-order valence-electron chi connectivity index (χ3n) is 3.30. The fraction of sp³-hybridized carbons (Fsp3) is 0.250. The van der Waals surface area contributed by atoms with Crippen LogP contribution in [0.5, 0.6) is 0 Å². The Morgan fingerprint density at radius 1 is 1.20 bits per heavy atom. The Morgan fingerprint density at radius 3 is 2.55 bits per heavy atom. The lowest BCUT2D eigenvalue weighted by molar-refractivity contribution is 1.06. The summed E-state index contributed by atoms with van der Waals surface area (Å²) in [6.45, 7) is 6.77. The topological polar surface area (TPSA) is 50.9 Å². The molecule has 0 unspecified atom stereocenters. The van der Waals surface area contributed by atoms with Crippen LogP contribution in [0.2, 0.25) is 0 Å². The first-order valence-corrected chi connectivity index (χ1v) is 6.96. The third kappa shape index (κ3) is 3.14. The first-order chi connectivity index (χ1) is 9.49. The average Bonchev–Trinajstić information content (AvgIpc) is 2.36. The number of benzene rings is 1. The number of nitrogens with zero attached hydrogens (tertiary/aromatic N) is 1. The Balaban J connectivity index is 2.30. The van der Waals surface area contributed by atoms with Crippen molar-refractivity contribution in [3.63, 3.8) is 0 Å². The molecule has 0 atom stereocenters. The second-order valence-electron chi connectivity index (χ2n) is 4.95. The summed E-state index contributed by atoms with van der Waals surface area (Å²) in [4.78, 5) is 4.90. The highest BCUT2D eigenvalue weighted by Gasteiger charge is 2.11. The molecule has 0 radical (unpaired) electrons. The van der Waals surface area contributed by atoms with E-state index in [1.807, 2.05) is 32.0 Å². The van der Waals surface area contributed by atoms with Gasteiger partial charge in [-0.2, -0.15) is 0 Å². The normalized spacial score (nSPS) is 10.3. The molecular weight excluding hydrogens is 266 g/mol. The molecule has 0 saturated heterocycles. The number of hydrogen-bond donors (Lipinski definition) is 2. The van der Waals surface area contributed by atoms with Crippen molar-refractivity contribution in [3.8, 4) is 0 Å². The van der Waals surface area contributed by atoms with Gasteiger partial charge < -0.3 is 11.1 Å². The summed E-state index contributed by atoms with van der Waals surface area (Å²) >= 11 is 5.13. The monoisotopic (exact) mass is 285 g/mol. The number of aromatic nitrogens is 1. The van der Waals surface area contributed by atoms with Gasteiger partial charge in [0.25, 0.3) is 0 Å². The highest BCUT2D eigenvalue weighted by molar-refractivity contribution is 7.80. The Bertz CT molecular complexity index is 650. The van der Waals surface area contributed by atoms with Gasteiger partial charge in [0.1, 0.15) is 10.8 Å². The Morgan fingerprint density at radius 2 is 1.90 bits per heavy atom. The van der Waals surface area contributed by atoms with E-state index in [1.54, 1.807) is 0 Å². The van der Waals surface area contributed by atoms with E-state index in [2.05, 4.69) is 29.4 Å². The van der Waals surface area contributed by atoms with Gasteiger partial charge in [0.15, 0.2) is 0 Å². The number of nitrogens with two attached hydrogens (primary N) is 1. The first-order valence-electron chi connectivity index (χ1n) is 6.55.